The number of aromatic nitrogens is 2. The predicted molar refractivity (Wildman–Crippen MR) is 137 cm³/mol. The molecule has 1 amide bonds. The van der Waals surface area contributed by atoms with Crippen LogP contribution >= 0.6 is 0 Å². The molecule has 0 bridgehead atoms. The first-order chi connectivity index (χ1) is 17.5. The molecule has 6 rings (SSSR count). The van der Waals surface area contributed by atoms with Crippen molar-refractivity contribution in [2.45, 2.75) is 32.2 Å². The molecule has 2 N–H and O–H groups in total. The number of H-pyrrole nitrogens is 1. The molecule has 7 heteroatoms. The summed E-state index contributed by atoms with van der Waals surface area (Å²) in [6.07, 6.45) is 2.49. The molecule has 1 aliphatic rings. The summed E-state index contributed by atoms with van der Waals surface area (Å²) in [5, 5.41) is 12.8. The van der Waals surface area contributed by atoms with E-state index in [1.807, 2.05) is 53.4 Å². The van der Waals surface area contributed by atoms with Crippen molar-refractivity contribution in [3.63, 3.8) is 0 Å². The maximum atomic E-state index is 13.7. The molecule has 180 valence electrons. The average Bonchev–Trinajstić information content (AvgIpc) is 3.27. The minimum atomic E-state index is -0.651. The van der Waals surface area contributed by atoms with Crippen LogP contribution in [0.25, 0.3) is 21.8 Å². The van der Waals surface area contributed by atoms with E-state index in [0.717, 1.165) is 34.1 Å². The van der Waals surface area contributed by atoms with Crippen molar-refractivity contribution in [1.82, 2.24) is 14.9 Å². The van der Waals surface area contributed by atoms with Crippen LogP contribution in [0, 0.1) is 6.92 Å². The number of aryl methyl sites for hydroxylation is 1. The zero-order chi connectivity index (χ0) is 24.8. The summed E-state index contributed by atoms with van der Waals surface area (Å²) in [5.41, 5.74) is 4.40. The van der Waals surface area contributed by atoms with Crippen molar-refractivity contribution in [3.05, 3.63) is 105 Å². The minimum Gasteiger partial charge on any atom is -0.502 e. The number of hydrogen-bond donors (Lipinski definition) is 2. The van der Waals surface area contributed by atoms with Gasteiger partial charge in [0, 0.05) is 47.2 Å². The summed E-state index contributed by atoms with van der Waals surface area (Å²) in [5.74, 6) is -0.705. The van der Waals surface area contributed by atoms with Crippen LogP contribution in [0.5, 0.6) is 5.75 Å². The number of aromatic amines is 1. The molecule has 7 nitrogen and oxygen atoms in total. The summed E-state index contributed by atoms with van der Waals surface area (Å²) in [6.45, 7) is 2.74. The summed E-state index contributed by atoms with van der Waals surface area (Å²) in [6, 6.07) is 18.9. The van der Waals surface area contributed by atoms with Crippen LogP contribution in [0.2, 0.25) is 0 Å². The van der Waals surface area contributed by atoms with E-state index in [9.17, 15) is 14.7 Å². The smallest absolute Gasteiger partial charge is 0.227 e. The van der Waals surface area contributed by atoms with Gasteiger partial charge in [-0.25, -0.2) is 0 Å². The van der Waals surface area contributed by atoms with Gasteiger partial charge in [0.25, 0.3) is 0 Å². The van der Waals surface area contributed by atoms with E-state index in [1.165, 1.54) is 17.0 Å². The number of amides is 1. The molecule has 36 heavy (non-hydrogen) atoms. The summed E-state index contributed by atoms with van der Waals surface area (Å²) < 4.78 is 5.89. The van der Waals surface area contributed by atoms with E-state index < -0.39 is 17.1 Å². The highest BCUT2D eigenvalue weighted by molar-refractivity contribution is 5.87. The molecule has 5 aromatic rings. The molecule has 0 saturated carbocycles. The molecule has 0 unspecified atom stereocenters. The lowest BCUT2D eigenvalue weighted by Crippen LogP contribution is -2.36. The second-order valence-electron chi connectivity index (χ2n) is 9.30. The summed E-state index contributed by atoms with van der Waals surface area (Å²) >= 11 is 0. The fraction of sp³-hybridized carbons (Fsp3) is 0.207. The fourth-order valence-electron chi connectivity index (χ4n) is 5.34. The van der Waals surface area contributed by atoms with Crippen LogP contribution in [-0.4, -0.2) is 32.4 Å². The Labute approximate surface area is 207 Å². The Kier molecular flexibility index (Phi) is 5.33. The van der Waals surface area contributed by atoms with Crippen molar-refractivity contribution < 1.29 is 14.3 Å². The normalized spacial score (nSPS) is 14.2. The van der Waals surface area contributed by atoms with Gasteiger partial charge in [-0.05, 0) is 42.7 Å². The number of benzene rings is 2. The number of fused-ring (bicyclic) bond motifs is 4. The lowest BCUT2D eigenvalue weighted by Gasteiger charge is -2.29. The molecular formula is C29H25N3O4. The highest BCUT2D eigenvalue weighted by atomic mass is 16.4. The van der Waals surface area contributed by atoms with Gasteiger partial charge in [0.15, 0.2) is 5.76 Å². The molecule has 2 aromatic carbocycles. The van der Waals surface area contributed by atoms with Gasteiger partial charge in [0.2, 0.25) is 17.1 Å². The highest BCUT2D eigenvalue weighted by Gasteiger charge is 2.31. The first-order valence-corrected chi connectivity index (χ1v) is 12.0. The van der Waals surface area contributed by atoms with Crippen LogP contribution in [-0.2, 0) is 17.8 Å². The van der Waals surface area contributed by atoms with E-state index in [-0.39, 0.29) is 18.1 Å². The number of pyridine rings is 1. The third-order valence-electron chi connectivity index (χ3n) is 7.06. The van der Waals surface area contributed by atoms with Gasteiger partial charge in [-0.1, -0.05) is 36.4 Å². The Morgan fingerprint density at radius 1 is 1.14 bits per heavy atom. The van der Waals surface area contributed by atoms with Gasteiger partial charge in [-0.3, -0.25) is 14.6 Å². The first kappa shape index (κ1) is 22.1. The van der Waals surface area contributed by atoms with Gasteiger partial charge in [0.1, 0.15) is 5.76 Å². The maximum absolute atomic E-state index is 13.7. The van der Waals surface area contributed by atoms with E-state index in [1.54, 1.807) is 13.1 Å². The van der Waals surface area contributed by atoms with Crippen LogP contribution < -0.4 is 5.43 Å². The highest BCUT2D eigenvalue weighted by Crippen LogP contribution is 2.37. The lowest BCUT2D eigenvalue weighted by atomic mass is 9.89. The predicted octanol–water partition coefficient (Wildman–Crippen LogP) is 4.79. The number of para-hydroxylation sites is 2. The van der Waals surface area contributed by atoms with Crippen molar-refractivity contribution >= 4 is 27.7 Å². The molecule has 1 aliphatic heterocycles. The molecule has 3 aromatic heterocycles. The van der Waals surface area contributed by atoms with E-state index >= 15 is 0 Å². The molecule has 4 heterocycles. The van der Waals surface area contributed by atoms with Crippen LogP contribution in [0.15, 0.2) is 76.1 Å². The molecule has 0 aliphatic carbocycles. The molecule has 0 radical (unpaired) electrons. The van der Waals surface area contributed by atoms with Crippen molar-refractivity contribution in [2.75, 3.05) is 6.54 Å². The van der Waals surface area contributed by atoms with Gasteiger partial charge in [0.05, 0.1) is 18.0 Å². The number of nitrogens with one attached hydrogen (secondary N) is 1. The number of rotatable bonds is 4. The van der Waals surface area contributed by atoms with Crippen LogP contribution in [0.3, 0.4) is 0 Å². The third kappa shape index (κ3) is 3.73. The second-order valence-corrected chi connectivity index (χ2v) is 9.30. The lowest BCUT2D eigenvalue weighted by molar-refractivity contribution is -0.132. The average molecular weight is 480 g/mol. The molecule has 0 spiro atoms. The standard InChI is InChI=1S/C29H25N3O4/c1-17-14-26(33)28(35)29(36-17)22(18-10-12-30-23-8-4-2-6-19(18)23)15-27(34)32-13-11-21-20-7-3-5-9-24(20)31-25(21)16-32/h2-10,12,14,22,31,35H,11,13,15-16H2,1H3/t22-/m1/s1. The van der Waals surface area contributed by atoms with E-state index in [4.69, 9.17) is 4.42 Å². The number of aromatic hydroxyl groups is 1. The Bertz CT molecular complexity index is 1680. The minimum absolute atomic E-state index is 0.0452. The van der Waals surface area contributed by atoms with Crippen LogP contribution in [0.1, 0.15) is 40.7 Å². The number of carbonyl (C=O) groups excluding carboxylic acids is 1. The Hall–Kier alpha value is -4.39. The number of carbonyl (C=O) groups is 1. The Balaban J connectivity index is 1.39. The quantitative estimate of drug-likeness (QED) is 0.386. The van der Waals surface area contributed by atoms with Gasteiger partial charge in [-0.2, -0.15) is 0 Å². The SMILES string of the molecule is Cc1cc(=O)c(O)c([C@H](CC(=O)N2CCc3c([nH]c4ccccc34)C2)c2ccnc3ccccc23)o1. The van der Waals surface area contributed by atoms with Gasteiger partial charge < -0.3 is 19.4 Å². The third-order valence-corrected chi connectivity index (χ3v) is 7.06. The maximum Gasteiger partial charge on any atom is 0.227 e. The van der Waals surface area contributed by atoms with Gasteiger partial charge >= 0.3 is 0 Å². The van der Waals surface area contributed by atoms with Crippen molar-refractivity contribution in [1.29, 1.82) is 0 Å². The molecule has 0 saturated heterocycles. The van der Waals surface area contributed by atoms with E-state index in [2.05, 4.69) is 16.0 Å². The van der Waals surface area contributed by atoms with Crippen LogP contribution in [0.4, 0.5) is 0 Å². The van der Waals surface area contributed by atoms with Crippen molar-refractivity contribution in [3.8, 4) is 5.75 Å². The van der Waals surface area contributed by atoms with Crippen molar-refractivity contribution in [2.24, 2.45) is 0 Å². The second kappa shape index (κ2) is 8.68. The summed E-state index contributed by atoms with van der Waals surface area (Å²) in [4.78, 5) is 35.9. The molecular weight excluding hydrogens is 454 g/mol. The zero-order valence-electron chi connectivity index (χ0n) is 19.8. The number of hydrogen-bond acceptors (Lipinski definition) is 5. The largest absolute Gasteiger partial charge is 0.502 e. The number of nitrogens with zero attached hydrogens (tertiary/aromatic N) is 2. The summed E-state index contributed by atoms with van der Waals surface area (Å²) in [7, 11) is 0. The fourth-order valence-corrected chi connectivity index (χ4v) is 5.34. The van der Waals surface area contributed by atoms with E-state index in [0.29, 0.717) is 18.8 Å². The molecule has 1 atom stereocenters. The first-order valence-electron chi connectivity index (χ1n) is 12.0. The Morgan fingerprint density at radius 2 is 1.92 bits per heavy atom. The topological polar surface area (TPSA) is 99.4 Å². The Morgan fingerprint density at radius 3 is 2.78 bits per heavy atom. The van der Waals surface area contributed by atoms with Gasteiger partial charge in [-0.15, -0.1) is 0 Å². The zero-order valence-corrected chi connectivity index (χ0v) is 19.8. The monoisotopic (exact) mass is 479 g/mol. The molecule has 0 fully saturated rings.